The van der Waals surface area contributed by atoms with E-state index >= 15 is 0 Å². The van der Waals surface area contributed by atoms with Crippen LogP contribution in [0, 0.1) is 23.7 Å². The molecule has 3 atom stereocenters. The molecule has 1 aliphatic carbocycles. The molecule has 98 valence electrons. The maximum atomic E-state index is 12.6. The first-order chi connectivity index (χ1) is 7.52. The third-order valence-corrected chi connectivity index (χ3v) is 3.81. The highest BCUT2D eigenvalue weighted by Crippen LogP contribution is 2.37. The highest BCUT2D eigenvalue weighted by atomic mass is 19.3. The predicted octanol–water partition coefficient (Wildman–Crippen LogP) is 5.38. The Kier molecular flexibility index (Phi) is 7.96. The average Bonchev–Trinajstić information content (AvgIpc) is 2.43. The van der Waals surface area contributed by atoms with Crippen LogP contribution in [0.25, 0.3) is 0 Å². The quantitative estimate of drug-likeness (QED) is 0.563. The Morgan fingerprint density at radius 3 is 1.88 bits per heavy atom. The largest absolute Gasteiger partial charge is 0.241 e. The van der Waals surface area contributed by atoms with Crippen molar-refractivity contribution in [2.45, 2.75) is 66.7 Å². The fraction of sp³-hybridized carbons (Fsp3) is 1.00. The van der Waals surface area contributed by atoms with E-state index in [4.69, 9.17) is 0 Å². The van der Waals surface area contributed by atoms with E-state index in [1.54, 1.807) is 0 Å². The maximum Gasteiger partial charge on any atom is 0.241 e. The molecule has 0 radical (unpaired) electrons. The zero-order chi connectivity index (χ0) is 12.7. The topological polar surface area (TPSA) is 0 Å². The summed E-state index contributed by atoms with van der Waals surface area (Å²) in [5.74, 6) is 1.58. The van der Waals surface area contributed by atoms with Crippen molar-refractivity contribution in [2.75, 3.05) is 0 Å². The van der Waals surface area contributed by atoms with Crippen molar-refractivity contribution in [2.24, 2.45) is 23.7 Å². The van der Waals surface area contributed by atoms with E-state index in [2.05, 4.69) is 20.8 Å². The molecule has 0 aliphatic heterocycles. The lowest BCUT2D eigenvalue weighted by molar-refractivity contribution is 0.0677. The summed E-state index contributed by atoms with van der Waals surface area (Å²) in [6.45, 7) is 10.6. The van der Waals surface area contributed by atoms with Crippen molar-refractivity contribution >= 4 is 0 Å². The number of hydrogen-bond donors (Lipinski definition) is 0. The molecular weight excluding hydrogens is 206 g/mol. The van der Waals surface area contributed by atoms with Crippen LogP contribution in [0.3, 0.4) is 0 Å². The average molecular weight is 234 g/mol. The first kappa shape index (κ1) is 15.9. The highest BCUT2D eigenvalue weighted by Gasteiger charge is 2.30. The molecule has 2 heteroatoms. The fourth-order valence-corrected chi connectivity index (χ4v) is 2.77. The number of rotatable bonds is 2. The molecule has 0 saturated heterocycles. The Labute approximate surface area is 99.8 Å². The van der Waals surface area contributed by atoms with Crippen LogP contribution in [0.2, 0.25) is 0 Å². The summed E-state index contributed by atoms with van der Waals surface area (Å²) in [7, 11) is 0. The van der Waals surface area contributed by atoms with Crippen LogP contribution in [-0.4, -0.2) is 6.43 Å². The van der Waals surface area contributed by atoms with E-state index < -0.39 is 6.43 Å². The minimum atomic E-state index is -2.10. The summed E-state index contributed by atoms with van der Waals surface area (Å²) in [6, 6.07) is 0. The van der Waals surface area contributed by atoms with Crippen LogP contribution in [-0.2, 0) is 0 Å². The number of alkyl halides is 2. The van der Waals surface area contributed by atoms with E-state index in [1.165, 1.54) is 0 Å². The second kappa shape index (κ2) is 8.03. The minimum absolute atomic E-state index is 0.332. The van der Waals surface area contributed by atoms with Crippen molar-refractivity contribution in [3.8, 4) is 0 Å². The third-order valence-electron chi connectivity index (χ3n) is 3.81. The predicted molar refractivity (Wildman–Crippen MR) is 66.8 cm³/mol. The van der Waals surface area contributed by atoms with Gasteiger partial charge in [-0.2, -0.15) is 0 Å². The normalized spacial score (nSPS) is 30.9. The van der Waals surface area contributed by atoms with E-state index in [-0.39, 0.29) is 5.92 Å². The molecule has 0 aromatic rings. The molecule has 1 rings (SSSR count). The van der Waals surface area contributed by atoms with Crippen molar-refractivity contribution in [1.82, 2.24) is 0 Å². The van der Waals surface area contributed by atoms with Gasteiger partial charge in [-0.1, -0.05) is 34.6 Å². The Balaban J connectivity index is 0.00000106. The van der Waals surface area contributed by atoms with Gasteiger partial charge in [0.05, 0.1) is 0 Å². The molecule has 0 aromatic carbocycles. The summed E-state index contributed by atoms with van der Waals surface area (Å²) < 4.78 is 25.1. The van der Waals surface area contributed by atoms with Gasteiger partial charge in [0.15, 0.2) is 0 Å². The third kappa shape index (κ3) is 4.80. The lowest BCUT2D eigenvalue weighted by Crippen LogP contribution is -2.16. The SMILES string of the molecule is CC.CC(C)C1CCC(C(F)F)CCC1C. The molecule has 3 unspecified atom stereocenters. The van der Waals surface area contributed by atoms with Gasteiger partial charge in [-0.3, -0.25) is 0 Å². The molecule has 0 aromatic heterocycles. The molecule has 16 heavy (non-hydrogen) atoms. The second-order valence-electron chi connectivity index (χ2n) is 5.13. The smallest absolute Gasteiger partial charge is 0.210 e. The summed E-state index contributed by atoms with van der Waals surface area (Å²) in [5.41, 5.74) is 0. The van der Waals surface area contributed by atoms with Gasteiger partial charge in [-0.15, -0.1) is 0 Å². The summed E-state index contributed by atoms with van der Waals surface area (Å²) in [5, 5.41) is 0. The molecule has 0 heterocycles. The molecule has 1 fully saturated rings. The summed E-state index contributed by atoms with van der Waals surface area (Å²) in [4.78, 5) is 0. The van der Waals surface area contributed by atoms with Gasteiger partial charge in [-0.25, -0.2) is 8.78 Å². The summed E-state index contributed by atoms with van der Waals surface area (Å²) >= 11 is 0. The van der Waals surface area contributed by atoms with Crippen molar-refractivity contribution in [1.29, 1.82) is 0 Å². The number of hydrogen-bond acceptors (Lipinski definition) is 0. The van der Waals surface area contributed by atoms with Gasteiger partial charge in [0, 0.05) is 5.92 Å². The Morgan fingerprint density at radius 2 is 1.44 bits per heavy atom. The van der Waals surface area contributed by atoms with Gasteiger partial charge < -0.3 is 0 Å². The molecule has 0 N–H and O–H groups in total. The van der Waals surface area contributed by atoms with Crippen LogP contribution in [0.4, 0.5) is 8.78 Å². The van der Waals surface area contributed by atoms with Crippen molar-refractivity contribution < 1.29 is 8.78 Å². The zero-order valence-electron chi connectivity index (χ0n) is 11.5. The lowest BCUT2D eigenvalue weighted by atomic mass is 9.81. The first-order valence-electron chi connectivity index (χ1n) is 6.80. The van der Waals surface area contributed by atoms with E-state index in [0.717, 1.165) is 25.7 Å². The van der Waals surface area contributed by atoms with Crippen LogP contribution in [0.15, 0.2) is 0 Å². The summed E-state index contributed by atoms with van der Waals surface area (Å²) in [6.07, 6.45) is 1.33. The van der Waals surface area contributed by atoms with E-state index in [9.17, 15) is 8.78 Å². The van der Waals surface area contributed by atoms with Crippen molar-refractivity contribution in [3.05, 3.63) is 0 Å². The maximum absolute atomic E-state index is 12.6. The molecule has 1 saturated carbocycles. The van der Waals surface area contributed by atoms with Gasteiger partial charge in [0.2, 0.25) is 6.43 Å². The molecule has 1 aliphatic rings. The molecule has 0 amide bonds. The number of halogens is 2. The van der Waals surface area contributed by atoms with Gasteiger partial charge >= 0.3 is 0 Å². The highest BCUT2D eigenvalue weighted by molar-refractivity contribution is 4.77. The lowest BCUT2D eigenvalue weighted by Gasteiger charge is -2.24. The van der Waals surface area contributed by atoms with Gasteiger partial charge in [0.1, 0.15) is 0 Å². The van der Waals surface area contributed by atoms with E-state index in [1.807, 2.05) is 13.8 Å². The van der Waals surface area contributed by atoms with E-state index in [0.29, 0.717) is 17.8 Å². The molecular formula is C14H28F2. The standard InChI is InChI=1S/C12H22F2.C2H6/c1-8(2)11-7-6-10(12(13)14)5-4-9(11)3;1-2/h8-12H,4-7H2,1-3H3;1-2H3. The Morgan fingerprint density at radius 1 is 0.938 bits per heavy atom. The Hall–Kier alpha value is -0.140. The van der Waals surface area contributed by atoms with Gasteiger partial charge in [-0.05, 0) is 43.4 Å². The Bertz CT molecular complexity index is 166. The monoisotopic (exact) mass is 234 g/mol. The van der Waals surface area contributed by atoms with Crippen molar-refractivity contribution in [3.63, 3.8) is 0 Å². The van der Waals surface area contributed by atoms with Gasteiger partial charge in [0.25, 0.3) is 0 Å². The molecule has 0 spiro atoms. The molecule has 0 nitrogen and oxygen atoms in total. The first-order valence-corrected chi connectivity index (χ1v) is 6.80. The second-order valence-corrected chi connectivity index (χ2v) is 5.13. The van der Waals surface area contributed by atoms with Crippen LogP contribution in [0.1, 0.15) is 60.3 Å². The zero-order valence-corrected chi connectivity index (χ0v) is 11.5. The molecule has 0 bridgehead atoms. The minimum Gasteiger partial charge on any atom is -0.210 e. The fourth-order valence-electron chi connectivity index (χ4n) is 2.77. The van der Waals surface area contributed by atoms with Crippen LogP contribution in [0.5, 0.6) is 0 Å². The van der Waals surface area contributed by atoms with Crippen LogP contribution < -0.4 is 0 Å². The van der Waals surface area contributed by atoms with Crippen LogP contribution >= 0.6 is 0 Å².